The number of anilines is 1. The van der Waals surface area contributed by atoms with Crippen LogP contribution in [0.3, 0.4) is 0 Å². The van der Waals surface area contributed by atoms with Gasteiger partial charge < -0.3 is 16.0 Å². The fourth-order valence-electron chi connectivity index (χ4n) is 2.03. The second-order valence-corrected chi connectivity index (χ2v) is 5.19. The minimum Gasteiger partial charge on any atom is -0.356 e. The van der Waals surface area contributed by atoms with E-state index >= 15 is 0 Å². The summed E-state index contributed by atoms with van der Waals surface area (Å²) in [5.41, 5.74) is -0.00577. The molecule has 7 nitrogen and oxygen atoms in total. The van der Waals surface area contributed by atoms with Gasteiger partial charge in [-0.05, 0) is 18.2 Å². The van der Waals surface area contributed by atoms with Crippen LogP contribution < -0.4 is 16.0 Å². The molecule has 10 heteroatoms. The molecule has 0 spiro atoms. The van der Waals surface area contributed by atoms with Gasteiger partial charge in [0.25, 0.3) is 0 Å². The molecule has 3 N–H and O–H groups in total. The molecule has 0 aromatic carbocycles. The lowest BCUT2D eigenvalue weighted by Crippen LogP contribution is -2.40. The molecule has 0 saturated carbocycles. The van der Waals surface area contributed by atoms with Crippen molar-refractivity contribution in [3.05, 3.63) is 48.0 Å². The van der Waals surface area contributed by atoms with Crippen LogP contribution in [-0.4, -0.2) is 47.6 Å². The summed E-state index contributed by atoms with van der Waals surface area (Å²) in [5, 5.41) is 8.93. The van der Waals surface area contributed by atoms with Gasteiger partial charge in [0, 0.05) is 51.2 Å². The first kappa shape index (κ1) is 19.4. The molecule has 0 aliphatic carbocycles. The molecule has 0 bridgehead atoms. The van der Waals surface area contributed by atoms with E-state index in [9.17, 15) is 13.2 Å². The van der Waals surface area contributed by atoms with Gasteiger partial charge in [-0.25, -0.2) is 9.97 Å². The number of alkyl halides is 3. The Morgan fingerprint density at radius 2 is 1.85 bits per heavy atom. The van der Waals surface area contributed by atoms with Crippen molar-refractivity contribution in [1.82, 2.24) is 25.6 Å². The smallest absolute Gasteiger partial charge is 0.356 e. The number of rotatable bonds is 7. The highest BCUT2D eigenvalue weighted by Crippen LogP contribution is 2.27. The number of pyridine rings is 1. The highest BCUT2D eigenvalue weighted by Gasteiger charge is 2.32. The summed E-state index contributed by atoms with van der Waals surface area (Å²) in [5.74, 6) is 0.521. The maximum atomic E-state index is 12.6. The molecular weight excluding hydrogens is 347 g/mol. The maximum absolute atomic E-state index is 12.6. The molecule has 2 aromatic rings. The first-order valence-corrected chi connectivity index (χ1v) is 7.97. The van der Waals surface area contributed by atoms with E-state index in [1.807, 2.05) is 18.2 Å². The van der Waals surface area contributed by atoms with Crippen molar-refractivity contribution in [2.75, 3.05) is 32.0 Å². The van der Waals surface area contributed by atoms with Crippen molar-refractivity contribution in [1.29, 1.82) is 0 Å². The van der Waals surface area contributed by atoms with Crippen molar-refractivity contribution >= 4 is 11.9 Å². The van der Waals surface area contributed by atoms with Crippen molar-refractivity contribution < 1.29 is 13.2 Å². The van der Waals surface area contributed by atoms with Crippen molar-refractivity contribution in [2.24, 2.45) is 4.99 Å². The number of nitrogens with one attached hydrogen (secondary N) is 3. The van der Waals surface area contributed by atoms with E-state index in [4.69, 9.17) is 0 Å². The van der Waals surface area contributed by atoms with Gasteiger partial charge in [-0.15, -0.1) is 0 Å². The minimum absolute atomic E-state index is 0.0697. The van der Waals surface area contributed by atoms with E-state index in [2.05, 4.69) is 35.9 Å². The molecule has 0 aliphatic heterocycles. The summed E-state index contributed by atoms with van der Waals surface area (Å²) >= 11 is 0. The highest BCUT2D eigenvalue weighted by molar-refractivity contribution is 5.79. The fraction of sp³-hybridized carbons (Fsp3) is 0.375. The number of nitrogens with zero attached hydrogens (tertiary/aromatic N) is 4. The number of halogens is 3. The lowest BCUT2D eigenvalue weighted by Gasteiger charge is -2.12. The second-order valence-electron chi connectivity index (χ2n) is 5.19. The van der Waals surface area contributed by atoms with Gasteiger partial charge in [-0.3, -0.25) is 9.98 Å². The zero-order valence-electron chi connectivity index (χ0n) is 14.2. The van der Waals surface area contributed by atoms with Crippen LogP contribution in [0.1, 0.15) is 11.4 Å². The summed E-state index contributed by atoms with van der Waals surface area (Å²) in [6, 6.07) is 6.56. The summed E-state index contributed by atoms with van der Waals surface area (Å²) < 4.78 is 37.8. The molecule has 2 heterocycles. The van der Waals surface area contributed by atoms with Crippen LogP contribution >= 0.6 is 0 Å². The average Bonchev–Trinajstić information content (AvgIpc) is 2.64. The average molecular weight is 367 g/mol. The van der Waals surface area contributed by atoms with Crippen LogP contribution in [0.2, 0.25) is 0 Å². The number of guanidine groups is 1. The second kappa shape index (κ2) is 9.54. The maximum Gasteiger partial charge on any atom is 0.433 e. The monoisotopic (exact) mass is 367 g/mol. The minimum atomic E-state index is -4.49. The van der Waals surface area contributed by atoms with Crippen LogP contribution in [0.25, 0.3) is 0 Å². The molecule has 26 heavy (non-hydrogen) atoms. The quantitative estimate of drug-likeness (QED) is 0.392. The van der Waals surface area contributed by atoms with Crippen molar-refractivity contribution in [2.45, 2.75) is 12.6 Å². The SMILES string of the molecule is CN=C(NCCNc1nccc(C(F)(F)F)n1)NCCc1ccccn1. The molecule has 0 amide bonds. The van der Waals surface area contributed by atoms with Gasteiger partial charge in [-0.2, -0.15) is 13.2 Å². The van der Waals surface area contributed by atoms with Crippen LogP contribution in [0.5, 0.6) is 0 Å². The third-order valence-corrected chi connectivity index (χ3v) is 3.27. The van der Waals surface area contributed by atoms with Crippen LogP contribution in [0, 0.1) is 0 Å². The predicted molar refractivity (Wildman–Crippen MR) is 92.8 cm³/mol. The van der Waals surface area contributed by atoms with Gasteiger partial charge >= 0.3 is 6.18 Å². The van der Waals surface area contributed by atoms with E-state index in [1.54, 1.807) is 13.2 Å². The summed E-state index contributed by atoms with van der Waals surface area (Å²) in [6.07, 6.45) is -0.928. The third kappa shape index (κ3) is 6.54. The van der Waals surface area contributed by atoms with Crippen molar-refractivity contribution in [3.8, 4) is 0 Å². The first-order chi connectivity index (χ1) is 12.5. The lowest BCUT2D eigenvalue weighted by atomic mass is 10.3. The number of hydrogen-bond donors (Lipinski definition) is 3. The summed E-state index contributed by atoms with van der Waals surface area (Å²) in [4.78, 5) is 15.5. The summed E-state index contributed by atoms with van der Waals surface area (Å²) in [7, 11) is 1.64. The number of hydrogen-bond acceptors (Lipinski definition) is 5. The topological polar surface area (TPSA) is 87.1 Å². The molecule has 0 aliphatic rings. The highest BCUT2D eigenvalue weighted by atomic mass is 19.4. The van der Waals surface area contributed by atoms with E-state index in [1.165, 1.54) is 0 Å². The van der Waals surface area contributed by atoms with E-state index < -0.39 is 11.9 Å². The van der Waals surface area contributed by atoms with Crippen LogP contribution in [0.15, 0.2) is 41.7 Å². The van der Waals surface area contributed by atoms with Crippen molar-refractivity contribution in [3.63, 3.8) is 0 Å². The molecular formula is C16H20F3N7. The van der Waals surface area contributed by atoms with Gasteiger partial charge in [0.1, 0.15) is 5.69 Å². The summed E-state index contributed by atoms with van der Waals surface area (Å²) in [6.45, 7) is 1.42. The Morgan fingerprint density at radius 3 is 2.54 bits per heavy atom. The van der Waals surface area contributed by atoms with Crippen LogP contribution in [0.4, 0.5) is 19.1 Å². The van der Waals surface area contributed by atoms with Gasteiger partial charge in [0.05, 0.1) is 0 Å². The van der Waals surface area contributed by atoms with E-state index in [0.717, 1.165) is 24.4 Å². The normalized spacial score (nSPS) is 11.9. The Kier molecular flexibility index (Phi) is 7.12. The molecule has 2 rings (SSSR count). The Morgan fingerprint density at radius 1 is 1.04 bits per heavy atom. The zero-order chi connectivity index (χ0) is 18.8. The van der Waals surface area contributed by atoms with Gasteiger partial charge in [0.15, 0.2) is 5.96 Å². The molecule has 2 aromatic heterocycles. The third-order valence-electron chi connectivity index (χ3n) is 3.27. The molecule has 0 fully saturated rings. The van der Waals surface area contributed by atoms with E-state index in [-0.39, 0.29) is 5.95 Å². The van der Waals surface area contributed by atoms with E-state index in [0.29, 0.717) is 25.6 Å². The standard InChI is InChI=1S/C16H20F3N7/c1-20-14(22-8-5-12-4-2-3-7-21-12)24-10-11-25-15-23-9-6-13(26-15)16(17,18)19/h2-4,6-7,9H,5,8,10-11H2,1H3,(H2,20,22,24)(H,23,25,26). The number of aromatic nitrogens is 3. The van der Waals surface area contributed by atoms with Gasteiger partial charge in [-0.1, -0.05) is 6.07 Å². The largest absolute Gasteiger partial charge is 0.433 e. The Labute approximate surface area is 149 Å². The molecule has 140 valence electrons. The Balaban J connectivity index is 1.69. The van der Waals surface area contributed by atoms with Gasteiger partial charge in [0.2, 0.25) is 5.95 Å². The van der Waals surface area contributed by atoms with Crippen LogP contribution in [-0.2, 0) is 12.6 Å². The molecule has 0 unspecified atom stereocenters. The lowest BCUT2D eigenvalue weighted by molar-refractivity contribution is -0.141. The predicted octanol–water partition coefficient (Wildman–Crippen LogP) is 1.71. The zero-order valence-corrected chi connectivity index (χ0v) is 14.2. The Bertz CT molecular complexity index is 704. The fourth-order valence-corrected chi connectivity index (χ4v) is 2.03. The molecule has 0 radical (unpaired) electrons. The first-order valence-electron chi connectivity index (χ1n) is 7.97. The number of aliphatic imine (C=N–C) groups is 1. The molecule has 0 atom stereocenters. The Hall–Kier alpha value is -2.91. The molecule has 0 saturated heterocycles.